The first-order valence-electron chi connectivity index (χ1n) is 4.55. The van der Waals surface area contributed by atoms with E-state index in [0.717, 1.165) is 5.56 Å². The van der Waals surface area contributed by atoms with Gasteiger partial charge in [0.2, 0.25) is 0 Å². The minimum absolute atomic E-state index is 0.0196. The molecule has 1 saturated heterocycles. The van der Waals surface area contributed by atoms with Crippen molar-refractivity contribution in [1.82, 2.24) is 5.32 Å². The number of nitrogens with zero attached hydrogens (tertiary/aromatic N) is 1. The summed E-state index contributed by atoms with van der Waals surface area (Å²) in [6.07, 6.45) is 1.64. The topological polar surface area (TPSA) is 72.2 Å². The smallest absolute Gasteiger partial charge is 0.269 e. The van der Waals surface area contributed by atoms with Crippen LogP contribution in [0.2, 0.25) is 0 Å². The molecule has 1 aliphatic rings. The molecule has 0 atom stereocenters. The van der Waals surface area contributed by atoms with Crippen molar-refractivity contribution in [2.75, 3.05) is 0 Å². The van der Waals surface area contributed by atoms with Gasteiger partial charge in [0.1, 0.15) is 4.32 Å². The number of thiocarbonyl (C=S) groups is 1. The van der Waals surface area contributed by atoms with Gasteiger partial charge in [-0.25, -0.2) is 0 Å². The third-order valence-electron chi connectivity index (χ3n) is 2.04. The number of benzene rings is 1. The molecule has 5 nitrogen and oxygen atoms in total. The lowest BCUT2D eigenvalue weighted by Crippen LogP contribution is -2.17. The summed E-state index contributed by atoms with van der Waals surface area (Å²) >= 11 is 6.02. The Morgan fingerprint density at radius 3 is 2.47 bits per heavy atom. The molecule has 0 saturated carbocycles. The number of amides is 1. The molecule has 86 valence electrons. The van der Waals surface area contributed by atoms with Gasteiger partial charge in [-0.15, -0.1) is 0 Å². The average molecular weight is 266 g/mol. The van der Waals surface area contributed by atoms with Crippen molar-refractivity contribution in [2.24, 2.45) is 0 Å². The van der Waals surface area contributed by atoms with Crippen LogP contribution in [0.4, 0.5) is 5.69 Å². The Balaban J connectivity index is 2.24. The Hall–Kier alpha value is -1.73. The van der Waals surface area contributed by atoms with Crippen LogP contribution in [0.5, 0.6) is 0 Å². The minimum Gasteiger partial charge on any atom is -0.307 e. The van der Waals surface area contributed by atoms with Crippen LogP contribution in [-0.4, -0.2) is 15.2 Å². The van der Waals surface area contributed by atoms with Crippen molar-refractivity contribution in [3.05, 3.63) is 44.8 Å². The minimum atomic E-state index is -0.469. The van der Waals surface area contributed by atoms with E-state index >= 15 is 0 Å². The van der Waals surface area contributed by atoms with Crippen LogP contribution in [0.3, 0.4) is 0 Å². The molecule has 0 aromatic heterocycles. The number of thioether (sulfide) groups is 1. The summed E-state index contributed by atoms with van der Waals surface area (Å²) < 4.78 is 0.420. The first-order chi connectivity index (χ1) is 8.06. The molecule has 0 radical (unpaired) electrons. The normalized spacial score (nSPS) is 17.3. The van der Waals surface area contributed by atoms with Crippen LogP contribution >= 0.6 is 24.0 Å². The van der Waals surface area contributed by atoms with E-state index in [4.69, 9.17) is 12.2 Å². The summed E-state index contributed by atoms with van der Waals surface area (Å²) in [5, 5.41) is 13.0. The van der Waals surface area contributed by atoms with Crippen LogP contribution in [-0.2, 0) is 4.79 Å². The number of non-ortho nitro benzene ring substituents is 1. The molecular formula is C10H6N2O3S2. The fourth-order valence-electron chi connectivity index (χ4n) is 1.26. The lowest BCUT2D eigenvalue weighted by Gasteiger charge is -1.95. The van der Waals surface area contributed by atoms with Crippen molar-refractivity contribution >= 4 is 46.0 Å². The number of carbonyl (C=O) groups excluding carboxylic acids is 1. The maximum Gasteiger partial charge on any atom is 0.269 e. The Kier molecular flexibility index (Phi) is 3.21. The fourth-order valence-corrected chi connectivity index (χ4v) is 2.31. The summed E-state index contributed by atoms with van der Waals surface area (Å²) in [7, 11) is 0. The second-order valence-corrected chi connectivity index (χ2v) is 4.92. The largest absolute Gasteiger partial charge is 0.307 e. The van der Waals surface area contributed by atoms with Crippen molar-refractivity contribution in [1.29, 1.82) is 0 Å². The average Bonchev–Trinajstić information content (AvgIpc) is 2.58. The van der Waals surface area contributed by atoms with Crippen LogP contribution < -0.4 is 5.32 Å². The van der Waals surface area contributed by atoms with E-state index in [0.29, 0.717) is 9.23 Å². The molecule has 1 aromatic carbocycles. The fraction of sp³-hybridized carbons (Fsp3) is 0. The van der Waals surface area contributed by atoms with Gasteiger partial charge >= 0.3 is 0 Å². The van der Waals surface area contributed by atoms with E-state index in [1.165, 1.54) is 23.9 Å². The van der Waals surface area contributed by atoms with Crippen LogP contribution in [0, 0.1) is 10.1 Å². The van der Waals surface area contributed by atoms with E-state index in [2.05, 4.69) is 5.32 Å². The van der Waals surface area contributed by atoms with Gasteiger partial charge in [0.25, 0.3) is 11.6 Å². The summed E-state index contributed by atoms with van der Waals surface area (Å²) in [6, 6.07) is 5.95. The second-order valence-electron chi connectivity index (χ2n) is 3.20. The van der Waals surface area contributed by atoms with Crippen molar-refractivity contribution in [2.45, 2.75) is 0 Å². The Labute approximate surface area is 106 Å². The Morgan fingerprint density at radius 1 is 1.35 bits per heavy atom. The number of nitrogens with one attached hydrogen (secondary N) is 1. The van der Waals surface area contributed by atoms with Gasteiger partial charge in [-0.05, 0) is 23.8 Å². The molecule has 1 amide bonds. The summed E-state index contributed by atoms with van der Waals surface area (Å²) in [5.74, 6) is -0.238. The maximum absolute atomic E-state index is 11.4. The number of nitro benzene ring substituents is 1. The molecule has 1 aromatic rings. The lowest BCUT2D eigenvalue weighted by atomic mass is 10.2. The van der Waals surface area contributed by atoms with Crippen molar-refractivity contribution in [3.63, 3.8) is 0 Å². The zero-order valence-electron chi connectivity index (χ0n) is 8.38. The molecule has 17 heavy (non-hydrogen) atoms. The van der Waals surface area contributed by atoms with Crippen molar-refractivity contribution < 1.29 is 9.72 Å². The van der Waals surface area contributed by atoms with Crippen molar-refractivity contribution in [3.8, 4) is 0 Å². The number of rotatable bonds is 2. The molecule has 0 spiro atoms. The Morgan fingerprint density at radius 2 is 2.00 bits per heavy atom. The molecule has 1 fully saturated rings. The summed E-state index contributed by atoms with van der Waals surface area (Å²) in [4.78, 5) is 21.8. The number of hydrogen-bond donors (Lipinski definition) is 1. The van der Waals surface area contributed by atoms with E-state index in [9.17, 15) is 14.9 Å². The van der Waals surface area contributed by atoms with Crippen LogP contribution in [0.15, 0.2) is 29.2 Å². The van der Waals surface area contributed by atoms with Gasteiger partial charge in [-0.2, -0.15) is 0 Å². The molecule has 7 heteroatoms. The number of hydrogen-bond acceptors (Lipinski definition) is 5. The van der Waals surface area contributed by atoms with Crippen LogP contribution in [0.1, 0.15) is 5.56 Å². The zero-order chi connectivity index (χ0) is 12.4. The maximum atomic E-state index is 11.4. The van der Waals surface area contributed by atoms with Gasteiger partial charge in [0.15, 0.2) is 0 Å². The summed E-state index contributed by atoms with van der Waals surface area (Å²) in [6.45, 7) is 0. The van der Waals surface area contributed by atoms with Gasteiger partial charge in [-0.3, -0.25) is 14.9 Å². The van der Waals surface area contributed by atoms with E-state index in [1.807, 2.05) is 0 Å². The first-order valence-corrected chi connectivity index (χ1v) is 5.78. The van der Waals surface area contributed by atoms with E-state index in [-0.39, 0.29) is 11.6 Å². The predicted octanol–water partition coefficient (Wildman–Crippen LogP) is 2.08. The Bertz CT molecular complexity index is 537. The third-order valence-corrected chi connectivity index (χ3v) is 3.21. The van der Waals surface area contributed by atoms with Crippen LogP contribution in [0.25, 0.3) is 6.08 Å². The SMILES string of the molecule is O=C1NC(=S)S/C1=C/c1ccc([N+](=O)[O-])cc1. The molecule has 1 heterocycles. The molecule has 0 aliphatic carbocycles. The van der Waals surface area contributed by atoms with E-state index < -0.39 is 4.92 Å². The van der Waals surface area contributed by atoms with Gasteiger partial charge in [-0.1, -0.05) is 24.0 Å². The molecule has 0 unspecified atom stereocenters. The predicted molar refractivity (Wildman–Crippen MR) is 69.4 cm³/mol. The van der Waals surface area contributed by atoms with E-state index in [1.54, 1.807) is 18.2 Å². The lowest BCUT2D eigenvalue weighted by molar-refractivity contribution is -0.384. The number of nitro groups is 1. The molecule has 1 aliphatic heterocycles. The highest BCUT2D eigenvalue weighted by molar-refractivity contribution is 8.26. The van der Waals surface area contributed by atoms with Gasteiger partial charge in [0, 0.05) is 12.1 Å². The highest BCUT2D eigenvalue weighted by Gasteiger charge is 2.21. The highest BCUT2D eigenvalue weighted by atomic mass is 32.2. The molecule has 0 bridgehead atoms. The third kappa shape index (κ3) is 2.69. The molecule has 2 rings (SSSR count). The second kappa shape index (κ2) is 4.64. The summed E-state index contributed by atoms with van der Waals surface area (Å²) in [5.41, 5.74) is 0.740. The monoisotopic (exact) mass is 266 g/mol. The standard InChI is InChI=1S/C10H6N2O3S2/c13-9-8(17-10(16)11-9)5-6-1-3-7(4-2-6)12(14)15/h1-5H,(H,11,13,16)/b8-5+. The zero-order valence-corrected chi connectivity index (χ0v) is 10.0. The quantitative estimate of drug-likeness (QED) is 0.384. The first kappa shape index (κ1) is 11.7. The van der Waals surface area contributed by atoms with Gasteiger partial charge < -0.3 is 5.32 Å². The van der Waals surface area contributed by atoms with Gasteiger partial charge in [0.05, 0.1) is 9.83 Å². The molecule has 1 N–H and O–H groups in total. The highest BCUT2D eigenvalue weighted by Crippen LogP contribution is 2.26. The molecular weight excluding hydrogens is 260 g/mol. The number of carbonyl (C=O) groups is 1.